The van der Waals surface area contributed by atoms with Crippen molar-refractivity contribution in [2.45, 2.75) is 25.9 Å². The first-order chi connectivity index (χ1) is 16.7. The first kappa shape index (κ1) is 22.2. The minimum Gasteiger partial charge on any atom is -0.340 e. The maximum absolute atomic E-state index is 14.0. The molecule has 5 rings (SSSR count). The zero-order valence-electron chi connectivity index (χ0n) is 19.7. The number of piperazine rings is 1. The molecule has 1 aliphatic rings. The molecule has 3 aromatic carbocycles. The molecule has 1 aromatic heterocycles. The lowest BCUT2D eigenvalue weighted by atomic mass is 10.0. The SMILES string of the molecule is Cc1c(C(=O)N2CCNCC2Cc2ccccc2)cc(-c2ccccc2)n1Cc1ccccc1. The average molecular weight is 450 g/mol. The van der Waals surface area contributed by atoms with Crippen LogP contribution in [-0.2, 0) is 13.0 Å². The summed E-state index contributed by atoms with van der Waals surface area (Å²) >= 11 is 0. The summed E-state index contributed by atoms with van der Waals surface area (Å²) in [5.74, 6) is 0.129. The van der Waals surface area contributed by atoms with Crippen LogP contribution >= 0.6 is 0 Å². The average Bonchev–Trinajstić information content (AvgIpc) is 3.21. The number of hydrogen-bond acceptors (Lipinski definition) is 2. The molecule has 0 aliphatic carbocycles. The van der Waals surface area contributed by atoms with Gasteiger partial charge in [0.05, 0.1) is 5.56 Å². The summed E-state index contributed by atoms with van der Waals surface area (Å²) in [6, 6.07) is 33.5. The summed E-state index contributed by atoms with van der Waals surface area (Å²) in [5.41, 5.74) is 6.51. The number of amides is 1. The van der Waals surface area contributed by atoms with Crippen molar-refractivity contribution >= 4 is 5.91 Å². The van der Waals surface area contributed by atoms with Crippen molar-refractivity contribution in [3.05, 3.63) is 119 Å². The van der Waals surface area contributed by atoms with Crippen molar-refractivity contribution in [1.82, 2.24) is 14.8 Å². The molecule has 4 nitrogen and oxygen atoms in total. The minimum atomic E-state index is 0.129. The number of nitrogens with zero attached hydrogens (tertiary/aromatic N) is 2. The van der Waals surface area contributed by atoms with Crippen LogP contribution in [0.4, 0.5) is 0 Å². The number of carbonyl (C=O) groups excluding carboxylic acids is 1. The van der Waals surface area contributed by atoms with E-state index in [0.29, 0.717) is 0 Å². The molecule has 172 valence electrons. The highest BCUT2D eigenvalue weighted by Gasteiger charge is 2.30. The van der Waals surface area contributed by atoms with Crippen molar-refractivity contribution in [2.24, 2.45) is 0 Å². The van der Waals surface area contributed by atoms with Crippen molar-refractivity contribution < 1.29 is 4.79 Å². The summed E-state index contributed by atoms with van der Waals surface area (Å²) in [5, 5.41) is 3.48. The number of hydrogen-bond donors (Lipinski definition) is 1. The molecule has 2 heterocycles. The number of aromatic nitrogens is 1. The van der Waals surface area contributed by atoms with Gasteiger partial charge in [-0.15, -0.1) is 0 Å². The lowest BCUT2D eigenvalue weighted by Crippen LogP contribution is -2.54. The molecule has 34 heavy (non-hydrogen) atoms. The fourth-order valence-electron chi connectivity index (χ4n) is 4.93. The fourth-order valence-corrected chi connectivity index (χ4v) is 4.93. The number of nitrogens with one attached hydrogen (secondary N) is 1. The zero-order valence-corrected chi connectivity index (χ0v) is 19.7. The predicted molar refractivity (Wildman–Crippen MR) is 138 cm³/mol. The topological polar surface area (TPSA) is 37.3 Å². The molecule has 1 N–H and O–H groups in total. The van der Waals surface area contributed by atoms with Gasteiger partial charge in [0.1, 0.15) is 0 Å². The highest BCUT2D eigenvalue weighted by Crippen LogP contribution is 2.29. The fraction of sp³-hybridized carbons (Fsp3) is 0.233. The molecule has 0 spiro atoms. The zero-order chi connectivity index (χ0) is 23.3. The van der Waals surface area contributed by atoms with Crippen molar-refractivity contribution in [3.63, 3.8) is 0 Å². The largest absolute Gasteiger partial charge is 0.340 e. The van der Waals surface area contributed by atoms with E-state index in [9.17, 15) is 4.79 Å². The summed E-state index contributed by atoms with van der Waals surface area (Å²) in [6.07, 6.45) is 0.856. The van der Waals surface area contributed by atoms with Crippen LogP contribution in [0, 0.1) is 6.92 Å². The van der Waals surface area contributed by atoms with E-state index in [1.165, 1.54) is 11.1 Å². The van der Waals surface area contributed by atoms with Crippen molar-refractivity contribution in [2.75, 3.05) is 19.6 Å². The van der Waals surface area contributed by atoms with Gasteiger partial charge in [0.25, 0.3) is 5.91 Å². The standard InChI is InChI=1S/C30H31N3O/c1-23-28(30(34)32-18-17-31-21-27(32)19-24-11-5-2-6-12-24)20-29(26-15-9-4-10-16-26)33(23)22-25-13-7-3-8-14-25/h2-16,20,27,31H,17-19,21-22H2,1H3. The maximum atomic E-state index is 14.0. The Kier molecular flexibility index (Phi) is 6.59. The Morgan fingerprint density at radius 1 is 0.882 bits per heavy atom. The molecular formula is C30H31N3O. The lowest BCUT2D eigenvalue weighted by Gasteiger charge is -2.36. The Morgan fingerprint density at radius 3 is 2.18 bits per heavy atom. The van der Waals surface area contributed by atoms with Crippen LogP contribution in [0.3, 0.4) is 0 Å². The summed E-state index contributed by atoms with van der Waals surface area (Å²) in [7, 11) is 0. The molecular weight excluding hydrogens is 418 g/mol. The van der Waals surface area contributed by atoms with Gasteiger partial charge in [-0.05, 0) is 36.1 Å². The maximum Gasteiger partial charge on any atom is 0.256 e. The van der Waals surface area contributed by atoms with Gasteiger partial charge in [-0.25, -0.2) is 0 Å². The van der Waals surface area contributed by atoms with Gasteiger partial charge in [0.2, 0.25) is 0 Å². The first-order valence-electron chi connectivity index (χ1n) is 12.1. The molecule has 1 unspecified atom stereocenters. The smallest absolute Gasteiger partial charge is 0.256 e. The van der Waals surface area contributed by atoms with Gasteiger partial charge in [0.15, 0.2) is 0 Å². The Morgan fingerprint density at radius 2 is 1.50 bits per heavy atom. The molecule has 1 aliphatic heterocycles. The van der Waals surface area contributed by atoms with E-state index in [0.717, 1.165) is 55.1 Å². The quantitative estimate of drug-likeness (QED) is 0.441. The second kappa shape index (κ2) is 10.1. The van der Waals surface area contributed by atoms with Crippen LogP contribution in [0.25, 0.3) is 11.3 Å². The lowest BCUT2D eigenvalue weighted by molar-refractivity contribution is 0.0635. The van der Waals surface area contributed by atoms with E-state index < -0.39 is 0 Å². The Hall–Kier alpha value is -3.63. The number of carbonyl (C=O) groups is 1. The van der Waals surface area contributed by atoms with E-state index in [4.69, 9.17) is 0 Å². The second-order valence-corrected chi connectivity index (χ2v) is 9.01. The predicted octanol–water partition coefficient (Wildman–Crippen LogP) is 5.17. The molecule has 4 aromatic rings. The normalized spacial score (nSPS) is 15.9. The highest BCUT2D eigenvalue weighted by molar-refractivity contribution is 5.97. The molecule has 1 amide bonds. The van der Waals surface area contributed by atoms with Gasteiger partial charge in [-0.3, -0.25) is 4.79 Å². The second-order valence-electron chi connectivity index (χ2n) is 9.01. The van der Waals surface area contributed by atoms with Gasteiger partial charge in [-0.1, -0.05) is 91.0 Å². The van der Waals surface area contributed by atoms with Crippen LogP contribution in [0.5, 0.6) is 0 Å². The van der Waals surface area contributed by atoms with Crippen molar-refractivity contribution in [3.8, 4) is 11.3 Å². The van der Waals surface area contributed by atoms with E-state index in [-0.39, 0.29) is 11.9 Å². The summed E-state index contributed by atoms with van der Waals surface area (Å²) in [4.78, 5) is 16.0. The van der Waals surface area contributed by atoms with Gasteiger partial charge >= 0.3 is 0 Å². The van der Waals surface area contributed by atoms with Crippen LogP contribution in [0.1, 0.15) is 27.2 Å². The first-order valence-corrected chi connectivity index (χ1v) is 12.1. The number of rotatable bonds is 6. The Bertz CT molecular complexity index is 1230. The number of benzene rings is 3. The van der Waals surface area contributed by atoms with E-state index >= 15 is 0 Å². The monoisotopic (exact) mass is 449 g/mol. The van der Waals surface area contributed by atoms with Gasteiger partial charge < -0.3 is 14.8 Å². The van der Waals surface area contributed by atoms with E-state index in [1.807, 2.05) is 18.2 Å². The Labute approximate surface area is 201 Å². The van der Waals surface area contributed by atoms with Crippen LogP contribution < -0.4 is 5.32 Å². The van der Waals surface area contributed by atoms with E-state index in [2.05, 4.69) is 101 Å². The molecule has 1 saturated heterocycles. The van der Waals surface area contributed by atoms with Crippen LogP contribution in [-0.4, -0.2) is 41.1 Å². The van der Waals surface area contributed by atoms with E-state index in [1.54, 1.807) is 0 Å². The third-order valence-corrected chi connectivity index (χ3v) is 6.78. The van der Waals surface area contributed by atoms with Crippen LogP contribution in [0.15, 0.2) is 97.1 Å². The molecule has 0 saturated carbocycles. The molecule has 0 bridgehead atoms. The van der Waals surface area contributed by atoms with Crippen LogP contribution in [0.2, 0.25) is 0 Å². The minimum absolute atomic E-state index is 0.129. The van der Waals surface area contributed by atoms with Gasteiger partial charge in [0, 0.05) is 43.6 Å². The third-order valence-electron chi connectivity index (χ3n) is 6.78. The van der Waals surface area contributed by atoms with Crippen molar-refractivity contribution in [1.29, 1.82) is 0 Å². The summed E-state index contributed by atoms with van der Waals surface area (Å²) in [6.45, 7) is 5.18. The highest BCUT2D eigenvalue weighted by atomic mass is 16.2. The third kappa shape index (κ3) is 4.68. The molecule has 1 atom stereocenters. The van der Waals surface area contributed by atoms with Gasteiger partial charge in [-0.2, -0.15) is 0 Å². The molecule has 4 heteroatoms. The summed E-state index contributed by atoms with van der Waals surface area (Å²) < 4.78 is 2.28. The molecule has 1 fully saturated rings. The molecule has 0 radical (unpaired) electrons. The Balaban J connectivity index is 1.50.